The molecule has 0 spiro atoms. The lowest BCUT2D eigenvalue weighted by Gasteiger charge is -2.02. The molecule has 1 aromatic rings. The average molecular weight is 218 g/mol. The molecule has 0 unspecified atom stereocenters. The minimum absolute atomic E-state index is 0.0280. The highest BCUT2D eigenvalue weighted by Crippen LogP contribution is 2.07. The molecule has 3 nitrogen and oxygen atoms in total. The zero-order chi connectivity index (χ0) is 10.6. The van der Waals surface area contributed by atoms with Gasteiger partial charge in [-0.25, -0.2) is 4.39 Å². The first-order valence-electron chi connectivity index (χ1n) is 4.07. The number of hydrogen-bond donors (Lipinski definition) is 0. The van der Waals surface area contributed by atoms with Crippen LogP contribution in [0.1, 0.15) is 5.56 Å². The van der Waals surface area contributed by atoms with Crippen LogP contribution >= 0.6 is 0 Å². The maximum atomic E-state index is 13.0. The highest BCUT2D eigenvalue weighted by Gasteiger charge is 2.04. The van der Waals surface area contributed by atoms with Crippen LogP contribution in [0.5, 0.6) is 0 Å². The van der Waals surface area contributed by atoms with Gasteiger partial charge in [-0.15, -0.1) is 0 Å². The lowest BCUT2D eigenvalue weighted by Crippen LogP contribution is -2.06. The van der Waals surface area contributed by atoms with Crippen LogP contribution < -0.4 is 0 Å². The van der Waals surface area contributed by atoms with E-state index < -0.39 is 10.1 Å². The van der Waals surface area contributed by atoms with Crippen LogP contribution in [0.3, 0.4) is 0 Å². The van der Waals surface area contributed by atoms with Gasteiger partial charge in [0.1, 0.15) is 5.82 Å². The van der Waals surface area contributed by atoms with Crippen molar-refractivity contribution in [1.82, 2.24) is 0 Å². The van der Waals surface area contributed by atoms with Crippen molar-refractivity contribution in [1.29, 1.82) is 0 Å². The molecular formula is C9H11FO3S. The summed E-state index contributed by atoms with van der Waals surface area (Å²) >= 11 is 0. The summed E-state index contributed by atoms with van der Waals surface area (Å²) < 4.78 is 38.7. The molecule has 1 aromatic carbocycles. The molecule has 0 aliphatic carbocycles. The summed E-state index contributed by atoms with van der Waals surface area (Å²) in [5.41, 5.74) is 0.455. The number of rotatable bonds is 4. The molecule has 0 saturated carbocycles. The summed E-state index contributed by atoms with van der Waals surface area (Å²) in [4.78, 5) is 0. The molecule has 14 heavy (non-hydrogen) atoms. The van der Waals surface area contributed by atoms with Gasteiger partial charge in [0.25, 0.3) is 10.1 Å². The molecule has 0 fully saturated rings. The van der Waals surface area contributed by atoms with Crippen molar-refractivity contribution in [2.75, 3.05) is 12.9 Å². The van der Waals surface area contributed by atoms with E-state index in [0.717, 1.165) is 6.26 Å². The molecule has 0 bridgehead atoms. The van der Waals surface area contributed by atoms with Crippen LogP contribution in [0.2, 0.25) is 0 Å². The van der Waals surface area contributed by atoms with Gasteiger partial charge in [0, 0.05) is 6.42 Å². The third-order valence-corrected chi connectivity index (χ3v) is 2.22. The Morgan fingerprint density at radius 2 is 2.00 bits per heavy atom. The molecule has 0 aliphatic rings. The Kier molecular flexibility index (Phi) is 3.60. The predicted molar refractivity (Wildman–Crippen MR) is 50.9 cm³/mol. The predicted octanol–water partition coefficient (Wildman–Crippen LogP) is 1.34. The SMILES string of the molecule is CS(=O)(=O)OCCc1ccccc1F. The molecular weight excluding hydrogens is 207 g/mol. The molecule has 1 rings (SSSR count). The first-order chi connectivity index (χ1) is 6.49. The lowest BCUT2D eigenvalue weighted by atomic mass is 10.1. The van der Waals surface area contributed by atoms with E-state index in [0.29, 0.717) is 5.56 Å². The Morgan fingerprint density at radius 3 is 2.57 bits per heavy atom. The van der Waals surface area contributed by atoms with Gasteiger partial charge in [0.15, 0.2) is 0 Å². The van der Waals surface area contributed by atoms with Crippen molar-refractivity contribution < 1.29 is 17.0 Å². The Labute approximate surface area is 82.6 Å². The Bertz CT molecular complexity index is 400. The lowest BCUT2D eigenvalue weighted by molar-refractivity contribution is 0.324. The van der Waals surface area contributed by atoms with Gasteiger partial charge in [-0.05, 0) is 11.6 Å². The van der Waals surface area contributed by atoms with E-state index in [1.165, 1.54) is 6.07 Å². The Morgan fingerprint density at radius 1 is 1.36 bits per heavy atom. The van der Waals surface area contributed by atoms with Gasteiger partial charge < -0.3 is 0 Å². The van der Waals surface area contributed by atoms with Crippen LogP contribution in [0.4, 0.5) is 4.39 Å². The normalized spacial score (nSPS) is 11.6. The van der Waals surface area contributed by atoms with Gasteiger partial charge in [-0.3, -0.25) is 4.18 Å². The zero-order valence-corrected chi connectivity index (χ0v) is 8.55. The standard InChI is InChI=1S/C9H11FO3S/c1-14(11,12)13-7-6-8-4-2-3-5-9(8)10/h2-5H,6-7H2,1H3. The molecule has 0 amide bonds. The summed E-state index contributed by atoms with van der Waals surface area (Å²) in [5.74, 6) is -0.343. The summed E-state index contributed by atoms with van der Waals surface area (Å²) in [6.45, 7) is -0.0280. The van der Waals surface area contributed by atoms with Gasteiger partial charge in [0.2, 0.25) is 0 Å². The van der Waals surface area contributed by atoms with Gasteiger partial charge in [0.05, 0.1) is 12.9 Å². The van der Waals surface area contributed by atoms with E-state index >= 15 is 0 Å². The van der Waals surface area contributed by atoms with Crippen LogP contribution in [0, 0.1) is 5.82 Å². The Hall–Kier alpha value is -0.940. The third kappa shape index (κ3) is 3.85. The molecule has 0 aromatic heterocycles. The van der Waals surface area contributed by atoms with Gasteiger partial charge in [-0.2, -0.15) is 8.42 Å². The van der Waals surface area contributed by atoms with Crippen molar-refractivity contribution in [2.45, 2.75) is 6.42 Å². The van der Waals surface area contributed by atoms with Crippen molar-refractivity contribution in [3.05, 3.63) is 35.6 Å². The highest BCUT2D eigenvalue weighted by atomic mass is 32.2. The number of halogens is 1. The third-order valence-electron chi connectivity index (χ3n) is 1.63. The number of benzene rings is 1. The average Bonchev–Trinajstić information content (AvgIpc) is 2.06. The van der Waals surface area contributed by atoms with E-state index in [2.05, 4.69) is 4.18 Å². The fraction of sp³-hybridized carbons (Fsp3) is 0.333. The monoisotopic (exact) mass is 218 g/mol. The number of hydrogen-bond acceptors (Lipinski definition) is 3. The Balaban J connectivity index is 2.51. The second-order valence-corrected chi connectivity index (χ2v) is 4.51. The maximum absolute atomic E-state index is 13.0. The van der Waals surface area contributed by atoms with Crippen LogP contribution in [-0.2, 0) is 20.7 Å². The van der Waals surface area contributed by atoms with Gasteiger partial charge in [-0.1, -0.05) is 18.2 Å². The van der Waals surface area contributed by atoms with Crippen LogP contribution in [0.25, 0.3) is 0 Å². The summed E-state index contributed by atoms with van der Waals surface area (Å²) in [5, 5.41) is 0. The largest absolute Gasteiger partial charge is 0.270 e. The van der Waals surface area contributed by atoms with Crippen molar-refractivity contribution in [2.24, 2.45) is 0 Å². The van der Waals surface area contributed by atoms with E-state index in [-0.39, 0.29) is 18.8 Å². The quantitative estimate of drug-likeness (QED) is 0.716. The minimum atomic E-state index is -3.43. The van der Waals surface area contributed by atoms with Crippen LogP contribution in [0.15, 0.2) is 24.3 Å². The fourth-order valence-electron chi connectivity index (χ4n) is 1.00. The topological polar surface area (TPSA) is 43.4 Å². The second-order valence-electron chi connectivity index (χ2n) is 2.87. The summed E-state index contributed by atoms with van der Waals surface area (Å²) in [7, 11) is -3.43. The smallest absolute Gasteiger partial charge is 0.264 e. The molecule has 0 saturated heterocycles. The fourth-order valence-corrected chi connectivity index (χ4v) is 1.39. The molecule has 5 heteroatoms. The molecule has 0 N–H and O–H groups in total. The van der Waals surface area contributed by atoms with Gasteiger partial charge >= 0.3 is 0 Å². The zero-order valence-electron chi connectivity index (χ0n) is 7.73. The van der Waals surface area contributed by atoms with Crippen molar-refractivity contribution >= 4 is 10.1 Å². The molecule has 0 aliphatic heterocycles. The van der Waals surface area contributed by atoms with E-state index in [1.54, 1.807) is 18.2 Å². The van der Waals surface area contributed by atoms with E-state index in [9.17, 15) is 12.8 Å². The van der Waals surface area contributed by atoms with E-state index in [4.69, 9.17) is 0 Å². The van der Waals surface area contributed by atoms with Crippen molar-refractivity contribution in [3.63, 3.8) is 0 Å². The van der Waals surface area contributed by atoms with Crippen molar-refractivity contribution in [3.8, 4) is 0 Å². The first kappa shape index (κ1) is 11.1. The summed E-state index contributed by atoms with van der Waals surface area (Å²) in [6, 6.07) is 6.20. The van der Waals surface area contributed by atoms with E-state index in [1.807, 2.05) is 0 Å². The molecule has 0 heterocycles. The van der Waals surface area contributed by atoms with Crippen LogP contribution in [-0.4, -0.2) is 21.3 Å². The second kappa shape index (κ2) is 4.52. The molecule has 0 atom stereocenters. The summed E-state index contributed by atoms with van der Waals surface area (Å²) in [6.07, 6.45) is 1.22. The molecule has 0 radical (unpaired) electrons. The molecule has 78 valence electrons. The minimum Gasteiger partial charge on any atom is -0.270 e. The first-order valence-corrected chi connectivity index (χ1v) is 5.88. The maximum Gasteiger partial charge on any atom is 0.264 e. The highest BCUT2D eigenvalue weighted by molar-refractivity contribution is 7.85.